The summed E-state index contributed by atoms with van der Waals surface area (Å²) < 4.78 is 4.87. The number of imidazole rings is 1. The maximum absolute atomic E-state index is 10.6. The SMILES string of the molecule is CC(=O)OCc1cnc(-c2ccccc2)[nH]1. The Kier molecular flexibility index (Phi) is 3.00. The zero-order chi connectivity index (χ0) is 11.4. The highest BCUT2D eigenvalue weighted by Crippen LogP contribution is 2.14. The third-order valence-corrected chi connectivity index (χ3v) is 2.11. The minimum Gasteiger partial charge on any atom is -0.459 e. The van der Waals surface area contributed by atoms with Gasteiger partial charge in [-0.15, -0.1) is 0 Å². The molecule has 2 rings (SSSR count). The predicted octanol–water partition coefficient (Wildman–Crippen LogP) is 2.14. The Hall–Kier alpha value is -2.10. The van der Waals surface area contributed by atoms with Crippen molar-refractivity contribution in [2.75, 3.05) is 0 Å². The number of esters is 1. The van der Waals surface area contributed by atoms with Crippen LogP contribution in [0.25, 0.3) is 11.4 Å². The first kappa shape index (κ1) is 10.4. The Morgan fingerprint density at radius 3 is 2.81 bits per heavy atom. The van der Waals surface area contributed by atoms with E-state index in [0.29, 0.717) is 0 Å². The van der Waals surface area contributed by atoms with Crippen LogP contribution in [0.15, 0.2) is 36.5 Å². The molecular formula is C12H12N2O2. The second-order valence-electron chi connectivity index (χ2n) is 3.40. The molecule has 0 radical (unpaired) electrons. The molecule has 1 aromatic heterocycles. The number of aromatic amines is 1. The van der Waals surface area contributed by atoms with Crippen LogP contribution in [0.1, 0.15) is 12.6 Å². The number of nitrogens with zero attached hydrogens (tertiary/aromatic N) is 1. The van der Waals surface area contributed by atoms with Crippen molar-refractivity contribution >= 4 is 5.97 Å². The molecule has 0 saturated heterocycles. The molecule has 1 N–H and O–H groups in total. The van der Waals surface area contributed by atoms with Crippen LogP contribution in [0.2, 0.25) is 0 Å². The maximum atomic E-state index is 10.6. The fourth-order valence-corrected chi connectivity index (χ4v) is 1.35. The highest BCUT2D eigenvalue weighted by atomic mass is 16.5. The van der Waals surface area contributed by atoms with Crippen molar-refractivity contribution in [3.63, 3.8) is 0 Å². The number of H-pyrrole nitrogens is 1. The molecule has 0 amide bonds. The normalized spacial score (nSPS) is 10.1. The van der Waals surface area contributed by atoms with Crippen molar-refractivity contribution in [1.29, 1.82) is 0 Å². The van der Waals surface area contributed by atoms with Crippen LogP contribution in [-0.2, 0) is 16.1 Å². The first-order chi connectivity index (χ1) is 7.75. The van der Waals surface area contributed by atoms with Gasteiger partial charge in [0.2, 0.25) is 0 Å². The van der Waals surface area contributed by atoms with Crippen LogP contribution in [0.4, 0.5) is 0 Å². The molecule has 0 saturated carbocycles. The molecule has 4 heteroatoms. The van der Waals surface area contributed by atoms with Crippen LogP contribution in [0.3, 0.4) is 0 Å². The van der Waals surface area contributed by atoms with Gasteiger partial charge in [-0.25, -0.2) is 4.98 Å². The maximum Gasteiger partial charge on any atom is 0.303 e. The molecule has 0 aliphatic carbocycles. The first-order valence-electron chi connectivity index (χ1n) is 4.98. The van der Waals surface area contributed by atoms with Gasteiger partial charge in [-0.3, -0.25) is 4.79 Å². The van der Waals surface area contributed by atoms with Crippen LogP contribution in [0.5, 0.6) is 0 Å². The van der Waals surface area contributed by atoms with E-state index in [2.05, 4.69) is 9.97 Å². The second-order valence-corrected chi connectivity index (χ2v) is 3.40. The van der Waals surface area contributed by atoms with Crippen LogP contribution >= 0.6 is 0 Å². The zero-order valence-electron chi connectivity index (χ0n) is 8.93. The first-order valence-corrected chi connectivity index (χ1v) is 4.98. The molecule has 1 aromatic carbocycles. The summed E-state index contributed by atoms with van der Waals surface area (Å²) in [6.45, 7) is 1.61. The number of hydrogen-bond acceptors (Lipinski definition) is 3. The minimum atomic E-state index is -0.295. The Morgan fingerprint density at radius 1 is 1.38 bits per heavy atom. The lowest BCUT2D eigenvalue weighted by Crippen LogP contribution is -1.98. The molecule has 0 aliphatic rings. The lowest BCUT2D eigenvalue weighted by Gasteiger charge is -1.98. The topological polar surface area (TPSA) is 55.0 Å². The van der Waals surface area contributed by atoms with E-state index in [4.69, 9.17) is 4.74 Å². The van der Waals surface area contributed by atoms with Gasteiger partial charge in [0.25, 0.3) is 0 Å². The molecule has 82 valence electrons. The number of rotatable bonds is 3. The monoisotopic (exact) mass is 216 g/mol. The van der Waals surface area contributed by atoms with E-state index in [1.165, 1.54) is 6.92 Å². The highest BCUT2D eigenvalue weighted by molar-refractivity contribution is 5.65. The van der Waals surface area contributed by atoms with Crippen molar-refractivity contribution in [2.24, 2.45) is 0 Å². The minimum absolute atomic E-state index is 0.231. The van der Waals surface area contributed by atoms with E-state index >= 15 is 0 Å². The summed E-state index contributed by atoms with van der Waals surface area (Å²) >= 11 is 0. The largest absolute Gasteiger partial charge is 0.459 e. The number of hydrogen-bond donors (Lipinski definition) is 1. The molecular weight excluding hydrogens is 204 g/mol. The summed E-state index contributed by atoms with van der Waals surface area (Å²) in [5.74, 6) is 0.485. The lowest BCUT2D eigenvalue weighted by atomic mass is 10.2. The number of ether oxygens (including phenoxy) is 1. The van der Waals surface area contributed by atoms with E-state index in [9.17, 15) is 4.79 Å². The van der Waals surface area contributed by atoms with Gasteiger partial charge >= 0.3 is 5.97 Å². The Labute approximate surface area is 93.3 Å². The molecule has 2 aromatic rings. The van der Waals surface area contributed by atoms with E-state index in [-0.39, 0.29) is 12.6 Å². The molecule has 16 heavy (non-hydrogen) atoms. The van der Waals surface area contributed by atoms with Gasteiger partial charge in [-0.05, 0) is 0 Å². The number of nitrogens with one attached hydrogen (secondary N) is 1. The third-order valence-electron chi connectivity index (χ3n) is 2.11. The summed E-state index contributed by atoms with van der Waals surface area (Å²) in [7, 11) is 0. The number of aromatic nitrogens is 2. The van der Waals surface area contributed by atoms with E-state index in [0.717, 1.165) is 17.1 Å². The number of carbonyl (C=O) groups excluding carboxylic acids is 1. The average molecular weight is 216 g/mol. The summed E-state index contributed by atoms with van der Waals surface area (Å²) in [6, 6.07) is 9.78. The van der Waals surface area contributed by atoms with Crippen molar-refractivity contribution in [2.45, 2.75) is 13.5 Å². The zero-order valence-corrected chi connectivity index (χ0v) is 8.93. The Balaban J connectivity index is 2.11. The number of benzene rings is 1. The van der Waals surface area contributed by atoms with Crippen molar-refractivity contribution in [3.8, 4) is 11.4 Å². The summed E-state index contributed by atoms with van der Waals surface area (Å²) in [6.07, 6.45) is 1.67. The average Bonchev–Trinajstić information content (AvgIpc) is 2.76. The second kappa shape index (κ2) is 4.61. The molecule has 0 spiro atoms. The lowest BCUT2D eigenvalue weighted by molar-refractivity contribution is -0.142. The summed E-state index contributed by atoms with van der Waals surface area (Å²) in [4.78, 5) is 18.0. The van der Waals surface area contributed by atoms with Gasteiger partial charge in [0.1, 0.15) is 12.4 Å². The standard InChI is InChI=1S/C12H12N2O2/c1-9(15)16-8-11-7-13-12(14-11)10-5-3-2-4-6-10/h2-7H,8H2,1H3,(H,13,14). The molecule has 0 atom stereocenters. The van der Waals surface area contributed by atoms with Gasteiger partial charge in [-0.2, -0.15) is 0 Å². The third kappa shape index (κ3) is 2.48. The summed E-state index contributed by atoms with van der Waals surface area (Å²) in [5.41, 5.74) is 1.80. The van der Waals surface area contributed by atoms with Gasteiger partial charge in [0, 0.05) is 12.5 Å². The molecule has 1 heterocycles. The highest BCUT2D eigenvalue weighted by Gasteiger charge is 2.03. The van der Waals surface area contributed by atoms with Crippen molar-refractivity contribution < 1.29 is 9.53 Å². The van der Waals surface area contributed by atoms with Crippen molar-refractivity contribution in [1.82, 2.24) is 9.97 Å². The fourth-order valence-electron chi connectivity index (χ4n) is 1.35. The smallest absolute Gasteiger partial charge is 0.303 e. The molecule has 0 unspecified atom stereocenters. The van der Waals surface area contributed by atoms with E-state index in [1.54, 1.807) is 6.20 Å². The van der Waals surface area contributed by atoms with Crippen LogP contribution in [-0.4, -0.2) is 15.9 Å². The molecule has 4 nitrogen and oxygen atoms in total. The van der Waals surface area contributed by atoms with Gasteiger partial charge in [0.05, 0.1) is 11.9 Å². The Morgan fingerprint density at radius 2 is 2.12 bits per heavy atom. The molecule has 0 aliphatic heterocycles. The Bertz CT molecular complexity index is 477. The number of carbonyl (C=O) groups is 1. The van der Waals surface area contributed by atoms with Crippen LogP contribution in [0, 0.1) is 0 Å². The van der Waals surface area contributed by atoms with E-state index < -0.39 is 0 Å². The van der Waals surface area contributed by atoms with E-state index in [1.807, 2.05) is 30.3 Å². The molecule has 0 fully saturated rings. The van der Waals surface area contributed by atoms with Gasteiger partial charge in [0.15, 0.2) is 0 Å². The van der Waals surface area contributed by atoms with Gasteiger partial charge in [-0.1, -0.05) is 30.3 Å². The fraction of sp³-hybridized carbons (Fsp3) is 0.167. The van der Waals surface area contributed by atoms with Crippen molar-refractivity contribution in [3.05, 3.63) is 42.2 Å². The predicted molar refractivity (Wildman–Crippen MR) is 59.5 cm³/mol. The quantitative estimate of drug-likeness (QED) is 0.800. The van der Waals surface area contributed by atoms with Gasteiger partial charge < -0.3 is 9.72 Å². The van der Waals surface area contributed by atoms with Crippen LogP contribution < -0.4 is 0 Å². The summed E-state index contributed by atoms with van der Waals surface area (Å²) in [5, 5.41) is 0. The molecule has 0 bridgehead atoms.